The Kier molecular flexibility index (Phi) is 10.2. The van der Waals surface area contributed by atoms with Crippen LogP contribution in [0, 0.1) is 18.8 Å². The summed E-state index contributed by atoms with van der Waals surface area (Å²) < 4.78 is 10.8. The molecular weight excluding hydrogens is 455 g/mol. The second-order valence-corrected chi connectivity index (χ2v) is 7.52. The predicted octanol–water partition coefficient (Wildman–Crippen LogP) is 2.33. The van der Waals surface area contributed by atoms with E-state index >= 15 is 0 Å². The predicted molar refractivity (Wildman–Crippen MR) is 127 cm³/mol. The number of ether oxygens (including phenoxy) is 1. The molecule has 0 unspecified atom stereocenters. The Morgan fingerprint density at radius 2 is 1.80 bits per heavy atom. The van der Waals surface area contributed by atoms with Crippen molar-refractivity contribution in [3.63, 3.8) is 0 Å². The topological polar surface area (TPSA) is 111 Å². The van der Waals surface area contributed by atoms with Gasteiger partial charge in [-0.2, -0.15) is 0 Å². The van der Waals surface area contributed by atoms with Crippen LogP contribution in [0.25, 0.3) is 10.8 Å². The normalized spacial score (nSPS) is 10.7. The second kappa shape index (κ2) is 12.9. The van der Waals surface area contributed by atoms with Crippen LogP contribution in [0.3, 0.4) is 0 Å². The van der Waals surface area contributed by atoms with Gasteiger partial charge in [0.2, 0.25) is 5.76 Å². The molecule has 8 heteroatoms. The van der Waals surface area contributed by atoms with Gasteiger partial charge in [0.15, 0.2) is 0 Å². The van der Waals surface area contributed by atoms with Crippen molar-refractivity contribution in [1.29, 1.82) is 0 Å². The number of aryl methyl sites for hydroxylation is 1. The van der Waals surface area contributed by atoms with Gasteiger partial charge in [0.25, 0.3) is 0 Å². The second-order valence-electron chi connectivity index (χ2n) is 7.52. The summed E-state index contributed by atoms with van der Waals surface area (Å²) in [6, 6.07) is 21.1. The number of nitrogens with zero attached hydrogens (tertiary/aromatic N) is 1. The Bertz CT molecular complexity index is 1370. The largest absolute Gasteiger partial charge is 1.00 e. The fraction of sp³-hybridized carbons (Fsp3) is 0.148. The van der Waals surface area contributed by atoms with Gasteiger partial charge in [-0.05, 0) is 48.2 Å². The van der Waals surface area contributed by atoms with Gasteiger partial charge >= 0.3 is 35.7 Å². The molecule has 7 nitrogen and oxygen atoms in total. The molecule has 0 fully saturated rings. The number of hydrogen-bond acceptors (Lipinski definition) is 6. The fourth-order valence-corrected chi connectivity index (χ4v) is 3.38. The van der Waals surface area contributed by atoms with E-state index in [0.29, 0.717) is 11.4 Å². The van der Waals surface area contributed by atoms with Crippen LogP contribution in [0.2, 0.25) is 0 Å². The minimum absolute atomic E-state index is 0. The number of anilines is 1. The molecule has 0 spiro atoms. The molecule has 4 rings (SSSR count). The van der Waals surface area contributed by atoms with E-state index < -0.39 is 12.2 Å². The number of amides is 1. The summed E-state index contributed by atoms with van der Waals surface area (Å²) in [5.74, 6) is 6.23. The smallest absolute Gasteiger partial charge is 0.870 e. The molecule has 0 saturated heterocycles. The van der Waals surface area contributed by atoms with Gasteiger partial charge < -0.3 is 19.5 Å². The number of hydrogen-bond donors (Lipinski definition) is 1. The standard InChI is InChI=1S/C27H21N2O4.Na.H2O/c1-18-26(28-27(31)32-19(2)22-6-4-3-5-7-22)25(33-29-18)13-10-20-8-11-24-17-21(14-15-30)9-12-23(24)16-20;;/h3-9,11-12,16-17,19H,14H2,1-2H3,(H,28,31);;1H2/q-1;+1;/p-1/t19-;;/m1../s1. The molecule has 3 aromatic carbocycles. The Morgan fingerprint density at radius 3 is 2.54 bits per heavy atom. The third-order valence-electron chi connectivity index (χ3n) is 5.14. The summed E-state index contributed by atoms with van der Waals surface area (Å²) in [6.07, 6.45) is 1.15. The molecule has 35 heavy (non-hydrogen) atoms. The number of carbonyl (C=O) groups excluding carboxylic acids is 2. The number of carbonyl (C=O) groups is 1. The number of fused-ring (bicyclic) bond motifs is 1. The summed E-state index contributed by atoms with van der Waals surface area (Å²) >= 11 is 0. The summed E-state index contributed by atoms with van der Waals surface area (Å²) in [5, 5.41) is 8.63. The molecule has 4 aromatic rings. The van der Waals surface area contributed by atoms with Crippen LogP contribution in [-0.2, 0) is 16.0 Å². The third kappa shape index (κ3) is 7.04. The van der Waals surface area contributed by atoms with Crippen molar-refractivity contribution in [3.8, 4) is 11.8 Å². The maximum Gasteiger partial charge on any atom is 1.00 e. The Morgan fingerprint density at radius 1 is 1.09 bits per heavy atom. The number of nitrogens with one attached hydrogen (secondary N) is 1. The van der Waals surface area contributed by atoms with E-state index in [1.807, 2.05) is 73.0 Å². The van der Waals surface area contributed by atoms with Gasteiger partial charge in [-0.3, -0.25) is 11.6 Å². The molecule has 0 radical (unpaired) electrons. The summed E-state index contributed by atoms with van der Waals surface area (Å²) in [5.41, 5.74) is 3.46. The molecule has 0 aliphatic carbocycles. The number of rotatable bonds is 5. The van der Waals surface area contributed by atoms with Crippen molar-refractivity contribution in [3.05, 3.63) is 94.9 Å². The van der Waals surface area contributed by atoms with Crippen molar-refractivity contribution in [2.24, 2.45) is 0 Å². The quantitative estimate of drug-likeness (QED) is 0.268. The molecule has 0 bridgehead atoms. The van der Waals surface area contributed by atoms with Crippen molar-refractivity contribution < 1.29 is 53.9 Å². The first-order valence-corrected chi connectivity index (χ1v) is 10.4. The van der Waals surface area contributed by atoms with Crippen LogP contribution in [0.4, 0.5) is 10.5 Å². The molecule has 2 N–H and O–H groups in total. The average Bonchev–Trinajstić information content (AvgIpc) is 3.17. The van der Waals surface area contributed by atoms with Crippen molar-refractivity contribution in [1.82, 2.24) is 5.16 Å². The van der Waals surface area contributed by atoms with E-state index in [0.717, 1.165) is 27.5 Å². The van der Waals surface area contributed by atoms with E-state index in [2.05, 4.69) is 22.3 Å². The number of benzene rings is 3. The van der Waals surface area contributed by atoms with E-state index in [1.54, 1.807) is 13.8 Å². The maximum absolute atomic E-state index is 12.4. The zero-order valence-electron chi connectivity index (χ0n) is 19.7. The van der Waals surface area contributed by atoms with Gasteiger partial charge in [0.05, 0.1) is 0 Å². The van der Waals surface area contributed by atoms with Crippen LogP contribution < -0.4 is 34.9 Å². The van der Waals surface area contributed by atoms with E-state index in [4.69, 9.17) is 9.26 Å². The van der Waals surface area contributed by atoms with Gasteiger partial charge in [-0.1, -0.05) is 71.2 Å². The summed E-state index contributed by atoms with van der Waals surface area (Å²) in [6.45, 7) is 3.52. The van der Waals surface area contributed by atoms with Crippen LogP contribution in [0.5, 0.6) is 0 Å². The summed E-state index contributed by atoms with van der Waals surface area (Å²) in [4.78, 5) is 23.0. The molecule has 1 heterocycles. The molecular formula is C27H22N2NaO5-. The zero-order valence-corrected chi connectivity index (χ0v) is 21.7. The molecule has 172 valence electrons. The van der Waals surface area contributed by atoms with Gasteiger partial charge in [-0.15, -0.1) is 6.42 Å². The number of aromatic nitrogens is 1. The first kappa shape index (κ1) is 27.8. The van der Waals surface area contributed by atoms with E-state index in [-0.39, 0.29) is 47.2 Å². The van der Waals surface area contributed by atoms with E-state index in [1.165, 1.54) is 0 Å². The van der Waals surface area contributed by atoms with Gasteiger partial charge in [0.1, 0.15) is 17.5 Å². The molecule has 1 amide bonds. The molecule has 0 saturated carbocycles. The van der Waals surface area contributed by atoms with Crippen molar-refractivity contribution in [2.75, 3.05) is 5.32 Å². The Balaban J connectivity index is 0.00000216. The Labute approximate surface area is 225 Å². The van der Waals surface area contributed by atoms with Crippen molar-refractivity contribution in [2.45, 2.75) is 26.4 Å². The molecule has 1 aromatic heterocycles. The maximum atomic E-state index is 12.4. The molecule has 0 aliphatic heterocycles. The van der Waals surface area contributed by atoms with E-state index in [9.17, 15) is 9.59 Å². The monoisotopic (exact) mass is 477 g/mol. The van der Waals surface area contributed by atoms with Crippen LogP contribution in [-0.4, -0.2) is 23.0 Å². The van der Waals surface area contributed by atoms with Crippen molar-refractivity contribution >= 4 is 28.8 Å². The third-order valence-corrected chi connectivity index (χ3v) is 5.14. The molecule has 0 aliphatic rings. The summed E-state index contributed by atoms with van der Waals surface area (Å²) in [7, 11) is 0. The minimum Gasteiger partial charge on any atom is -0.870 e. The Hall–Kier alpha value is -3.41. The van der Waals surface area contributed by atoms with Gasteiger partial charge in [-0.25, -0.2) is 4.79 Å². The molecule has 1 atom stereocenters. The van der Waals surface area contributed by atoms with Crippen LogP contribution >= 0.6 is 0 Å². The first-order chi connectivity index (χ1) is 16.0. The fourth-order valence-electron chi connectivity index (χ4n) is 3.38. The van der Waals surface area contributed by atoms with Crippen LogP contribution in [0.1, 0.15) is 41.2 Å². The first-order valence-electron chi connectivity index (χ1n) is 10.4. The van der Waals surface area contributed by atoms with Gasteiger partial charge in [0, 0.05) is 5.56 Å². The average molecular weight is 477 g/mol. The minimum atomic E-state index is -0.616. The van der Waals surface area contributed by atoms with Crippen LogP contribution in [0.15, 0.2) is 71.3 Å². The SMILES string of the molecule is Cc1noc(C#Cc2ccc3cc(C[C-]=O)ccc3c2)c1NC(=O)O[C@H](C)c1ccccc1.[Na+].[OH-]. The zero-order chi connectivity index (χ0) is 23.2.